The van der Waals surface area contributed by atoms with Crippen LogP contribution in [-0.2, 0) is 0 Å². The molecule has 0 aliphatic carbocycles. The Kier molecular flexibility index (Phi) is 5.65. The molecule has 1 aromatic carbocycles. The Morgan fingerprint density at radius 1 is 1.50 bits per heavy atom. The van der Waals surface area contributed by atoms with Gasteiger partial charge in [0.05, 0.1) is 7.11 Å². The van der Waals surface area contributed by atoms with Gasteiger partial charge >= 0.3 is 0 Å². The molecule has 2 nitrogen and oxygen atoms in total. The molecule has 1 rings (SSSR count). The van der Waals surface area contributed by atoms with Gasteiger partial charge in [-0.2, -0.15) is 0 Å². The van der Waals surface area contributed by atoms with Gasteiger partial charge in [0.1, 0.15) is 5.75 Å². The molecule has 0 amide bonds. The van der Waals surface area contributed by atoms with Crippen LogP contribution in [-0.4, -0.2) is 13.7 Å². The molecule has 1 aromatic rings. The van der Waals surface area contributed by atoms with Crippen LogP contribution in [0.15, 0.2) is 36.9 Å². The first-order valence-corrected chi connectivity index (χ1v) is 5.76. The van der Waals surface area contributed by atoms with E-state index in [2.05, 4.69) is 31.0 Å². The number of hydrogen-bond acceptors (Lipinski definition) is 2. The second-order valence-electron chi connectivity index (χ2n) is 3.88. The van der Waals surface area contributed by atoms with Crippen molar-refractivity contribution in [1.29, 1.82) is 0 Å². The third-order valence-electron chi connectivity index (χ3n) is 2.63. The number of nitrogens with one attached hydrogen (secondary N) is 1. The van der Waals surface area contributed by atoms with Crippen molar-refractivity contribution >= 4 is 0 Å². The molecular formula is C14H21NO. The van der Waals surface area contributed by atoms with Gasteiger partial charge in [-0.3, -0.25) is 0 Å². The summed E-state index contributed by atoms with van der Waals surface area (Å²) in [6.07, 6.45) is 4.16. The summed E-state index contributed by atoms with van der Waals surface area (Å²) in [5.74, 6) is 0.914. The maximum atomic E-state index is 5.21. The second kappa shape index (κ2) is 7.07. The summed E-state index contributed by atoms with van der Waals surface area (Å²) in [5, 5.41) is 3.48. The van der Waals surface area contributed by atoms with Gasteiger partial charge in [0.15, 0.2) is 0 Å². The van der Waals surface area contributed by atoms with Crippen molar-refractivity contribution in [3.05, 3.63) is 42.5 Å². The highest BCUT2D eigenvalue weighted by atomic mass is 16.5. The number of unbranched alkanes of at least 4 members (excludes halogenated alkanes) is 1. The molecule has 0 aromatic heterocycles. The zero-order chi connectivity index (χ0) is 11.8. The van der Waals surface area contributed by atoms with E-state index in [1.807, 2.05) is 18.2 Å². The topological polar surface area (TPSA) is 21.3 Å². The Morgan fingerprint density at radius 3 is 3.00 bits per heavy atom. The predicted molar refractivity (Wildman–Crippen MR) is 68.8 cm³/mol. The Bertz CT molecular complexity index is 322. The summed E-state index contributed by atoms with van der Waals surface area (Å²) >= 11 is 0. The average molecular weight is 219 g/mol. The third-order valence-corrected chi connectivity index (χ3v) is 2.63. The molecule has 1 atom stereocenters. The van der Waals surface area contributed by atoms with Crippen LogP contribution < -0.4 is 10.1 Å². The summed E-state index contributed by atoms with van der Waals surface area (Å²) in [4.78, 5) is 0. The molecule has 2 heteroatoms. The highest BCUT2D eigenvalue weighted by molar-refractivity contribution is 5.30. The first-order valence-electron chi connectivity index (χ1n) is 5.76. The largest absolute Gasteiger partial charge is 0.497 e. The Morgan fingerprint density at radius 2 is 2.31 bits per heavy atom. The van der Waals surface area contributed by atoms with Crippen LogP contribution in [0, 0.1) is 0 Å². The molecule has 0 fully saturated rings. The van der Waals surface area contributed by atoms with E-state index in [0.717, 1.165) is 25.1 Å². The molecule has 0 bridgehead atoms. The first kappa shape index (κ1) is 12.8. The summed E-state index contributed by atoms with van der Waals surface area (Å²) in [5.41, 5.74) is 1.26. The molecule has 88 valence electrons. The molecule has 16 heavy (non-hydrogen) atoms. The van der Waals surface area contributed by atoms with Crippen LogP contribution in [0.25, 0.3) is 0 Å². The van der Waals surface area contributed by atoms with Crippen LogP contribution in [0.1, 0.15) is 31.4 Å². The number of methoxy groups -OCH3 is 1. The standard InChI is InChI=1S/C14H21NO/c1-4-5-6-10-15-12(2)13-8-7-9-14(11-13)16-3/h4,7-9,11-12,15H,1,5-6,10H2,2-3H3/t12-/m1/s1. The second-order valence-corrected chi connectivity index (χ2v) is 3.88. The number of ether oxygens (including phenoxy) is 1. The minimum absolute atomic E-state index is 0.361. The van der Waals surface area contributed by atoms with Gasteiger partial charge in [-0.15, -0.1) is 6.58 Å². The first-order chi connectivity index (χ1) is 7.77. The fourth-order valence-corrected chi connectivity index (χ4v) is 1.59. The van der Waals surface area contributed by atoms with Crippen LogP contribution >= 0.6 is 0 Å². The Balaban J connectivity index is 2.45. The average Bonchev–Trinajstić information content (AvgIpc) is 2.34. The van der Waals surface area contributed by atoms with Crippen molar-refractivity contribution in [3.63, 3.8) is 0 Å². The van der Waals surface area contributed by atoms with Crippen molar-refractivity contribution in [2.45, 2.75) is 25.8 Å². The fourth-order valence-electron chi connectivity index (χ4n) is 1.59. The van der Waals surface area contributed by atoms with Gasteiger partial charge in [0, 0.05) is 6.04 Å². The van der Waals surface area contributed by atoms with E-state index in [1.54, 1.807) is 7.11 Å². The van der Waals surface area contributed by atoms with Gasteiger partial charge in [-0.1, -0.05) is 18.2 Å². The van der Waals surface area contributed by atoms with Crippen molar-refractivity contribution in [2.75, 3.05) is 13.7 Å². The van der Waals surface area contributed by atoms with E-state index >= 15 is 0 Å². The van der Waals surface area contributed by atoms with E-state index in [0.29, 0.717) is 6.04 Å². The van der Waals surface area contributed by atoms with E-state index in [9.17, 15) is 0 Å². The predicted octanol–water partition coefficient (Wildman–Crippen LogP) is 3.31. The monoisotopic (exact) mass is 219 g/mol. The zero-order valence-corrected chi connectivity index (χ0v) is 10.2. The number of hydrogen-bond donors (Lipinski definition) is 1. The molecule has 0 radical (unpaired) electrons. The fraction of sp³-hybridized carbons (Fsp3) is 0.429. The maximum absolute atomic E-state index is 5.21. The maximum Gasteiger partial charge on any atom is 0.119 e. The molecule has 0 aliphatic rings. The third kappa shape index (κ3) is 4.07. The molecule has 0 unspecified atom stereocenters. The minimum atomic E-state index is 0.361. The van der Waals surface area contributed by atoms with Crippen LogP contribution in [0.2, 0.25) is 0 Å². The Hall–Kier alpha value is -1.28. The Labute approximate surface area is 98.3 Å². The zero-order valence-electron chi connectivity index (χ0n) is 10.2. The van der Waals surface area contributed by atoms with Gasteiger partial charge in [-0.05, 0) is 44.0 Å². The van der Waals surface area contributed by atoms with E-state index in [1.165, 1.54) is 5.56 Å². The van der Waals surface area contributed by atoms with E-state index in [4.69, 9.17) is 4.74 Å². The quantitative estimate of drug-likeness (QED) is 0.561. The lowest BCUT2D eigenvalue weighted by atomic mass is 10.1. The highest BCUT2D eigenvalue weighted by Crippen LogP contribution is 2.18. The molecule has 0 saturated heterocycles. The smallest absolute Gasteiger partial charge is 0.119 e. The molecule has 0 heterocycles. The van der Waals surface area contributed by atoms with Crippen LogP contribution in [0.4, 0.5) is 0 Å². The molecule has 1 N–H and O–H groups in total. The molecule has 0 saturated carbocycles. The van der Waals surface area contributed by atoms with Crippen molar-refractivity contribution < 1.29 is 4.74 Å². The lowest BCUT2D eigenvalue weighted by Crippen LogP contribution is -2.19. The van der Waals surface area contributed by atoms with Crippen molar-refractivity contribution in [1.82, 2.24) is 5.32 Å². The number of rotatable bonds is 7. The van der Waals surface area contributed by atoms with E-state index < -0.39 is 0 Å². The summed E-state index contributed by atoms with van der Waals surface area (Å²) < 4.78 is 5.21. The van der Waals surface area contributed by atoms with Gasteiger partial charge < -0.3 is 10.1 Å². The highest BCUT2D eigenvalue weighted by Gasteiger charge is 2.04. The lowest BCUT2D eigenvalue weighted by Gasteiger charge is -2.14. The van der Waals surface area contributed by atoms with E-state index in [-0.39, 0.29) is 0 Å². The number of benzene rings is 1. The van der Waals surface area contributed by atoms with Crippen LogP contribution in [0.3, 0.4) is 0 Å². The van der Waals surface area contributed by atoms with Crippen LogP contribution in [0.5, 0.6) is 5.75 Å². The van der Waals surface area contributed by atoms with Gasteiger partial charge in [0.2, 0.25) is 0 Å². The normalized spacial score (nSPS) is 12.1. The summed E-state index contributed by atoms with van der Waals surface area (Å²) in [6.45, 7) is 6.90. The molecule has 0 aliphatic heterocycles. The van der Waals surface area contributed by atoms with Gasteiger partial charge in [-0.25, -0.2) is 0 Å². The number of allylic oxidation sites excluding steroid dienone is 1. The lowest BCUT2D eigenvalue weighted by molar-refractivity contribution is 0.413. The SMILES string of the molecule is C=CCCCN[C@H](C)c1cccc(OC)c1. The molecular weight excluding hydrogens is 198 g/mol. The van der Waals surface area contributed by atoms with Crippen molar-refractivity contribution in [3.8, 4) is 5.75 Å². The minimum Gasteiger partial charge on any atom is -0.497 e. The molecule has 0 spiro atoms. The van der Waals surface area contributed by atoms with Gasteiger partial charge in [0.25, 0.3) is 0 Å². The summed E-state index contributed by atoms with van der Waals surface area (Å²) in [7, 11) is 1.70. The summed E-state index contributed by atoms with van der Waals surface area (Å²) in [6, 6.07) is 8.54. The van der Waals surface area contributed by atoms with Crippen molar-refractivity contribution in [2.24, 2.45) is 0 Å².